The van der Waals surface area contributed by atoms with E-state index in [1.165, 1.54) is 25.7 Å². The van der Waals surface area contributed by atoms with Crippen molar-refractivity contribution in [3.8, 4) is 0 Å². The smallest absolute Gasteiger partial charge is 0.00596 e. The summed E-state index contributed by atoms with van der Waals surface area (Å²) in [4.78, 5) is 0. The van der Waals surface area contributed by atoms with E-state index >= 15 is 0 Å². The van der Waals surface area contributed by atoms with E-state index in [0.29, 0.717) is 10.8 Å². The van der Waals surface area contributed by atoms with Crippen LogP contribution in [0.1, 0.15) is 53.4 Å². The summed E-state index contributed by atoms with van der Waals surface area (Å²) in [7, 11) is 0. The van der Waals surface area contributed by atoms with Crippen molar-refractivity contribution in [2.75, 3.05) is 0 Å². The monoisotopic (exact) mass is 204 g/mol. The Bertz CT molecular complexity index is 323. The van der Waals surface area contributed by atoms with E-state index in [2.05, 4.69) is 33.8 Å². The van der Waals surface area contributed by atoms with Gasteiger partial charge in [-0.3, -0.25) is 0 Å². The van der Waals surface area contributed by atoms with Crippen LogP contribution in [0.25, 0.3) is 0 Å². The minimum atomic E-state index is 0.533. The molecule has 2 fully saturated rings. The molecule has 15 heavy (non-hydrogen) atoms. The normalized spacial score (nSPS) is 51.5. The fourth-order valence-electron chi connectivity index (χ4n) is 4.76. The summed E-state index contributed by atoms with van der Waals surface area (Å²) < 4.78 is 0. The lowest BCUT2D eigenvalue weighted by molar-refractivity contribution is 0.0577. The lowest BCUT2D eigenvalue weighted by Crippen LogP contribution is -2.43. The molecule has 0 N–H and O–H groups in total. The van der Waals surface area contributed by atoms with E-state index in [4.69, 9.17) is 0 Å². The summed E-state index contributed by atoms with van der Waals surface area (Å²) in [5.41, 5.74) is 2.93. The fourth-order valence-corrected chi connectivity index (χ4v) is 4.76. The van der Waals surface area contributed by atoms with Crippen molar-refractivity contribution in [1.29, 1.82) is 0 Å². The minimum absolute atomic E-state index is 0.533. The third kappa shape index (κ3) is 0.990. The zero-order valence-electron chi connectivity index (χ0n) is 10.6. The average Bonchev–Trinajstić information content (AvgIpc) is 2.55. The van der Waals surface area contributed by atoms with Gasteiger partial charge in [-0.1, -0.05) is 39.3 Å². The van der Waals surface area contributed by atoms with Crippen LogP contribution in [0.4, 0.5) is 0 Å². The predicted molar refractivity (Wildman–Crippen MR) is 64.6 cm³/mol. The molecule has 0 heteroatoms. The Balaban J connectivity index is 2.08. The molecule has 2 bridgehead atoms. The second kappa shape index (κ2) is 2.70. The molecule has 0 amide bonds. The summed E-state index contributed by atoms with van der Waals surface area (Å²) in [5.74, 6) is 2.86. The maximum absolute atomic E-state index is 2.60. The molecule has 4 atom stereocenters. The van der Waals surface area contributed by atoms with Gasteiger partial charge in [0.05, 0.1) is 0 Å². The average molecular weight is 204 g/mol. The van der Waals surface area contributed by atoms with E-state index < -0.39 is 0 Å². The highest BCUT2D eigenvalue weighted by Crippen LogP contribution is 2.68. The standard InChI is InChI=1S/C15H24/c1-10-5-6-13-12(10)9-11-7-8-15(13,4)14(11,2)3/h6,10-12H,5,7-9H2,1-4H3/t10-,11+,12-,15-/m1/s1. The van der Waals surface area contributed by atoms with Crippen molar-refractivity contribution >= 4 is 0 Å². The van der Waals surface area contributed by atoms with Gasteiger partial charge in [-0.2, -0.15) is 0 Å². The maximum atomic E-state index is 2.60. The minimum Gasteiger partial charge on any atom is -0.0842 e. The van der Waals surface area contributed by atoms with Crippen LogP contribution < -0.4 is 0 Å². The van der Waals surface area contributed by atoms with Gasteiger partial charge in [0.1, 0.15) is 0 Å². The molecular formula is C15H24. The lowest BCUT2D eigenvalue weighted by atomic mass is 9.54. The molecule has 3 aliphatic rings. The van der Waals surface area contributed by atoms with Crippen molar-refractivity contribution < 1.29 is 0 Å². The Morgan fingerprint density at radius 1 is 1.27 bits per heavy atom. The van der Waals surface area contributed by atoms with Crippen LogP contribution in [0.5, 0.6) is 0 Å². The van der Waals surface area contributed by atoms with Crippen LogP contribution in [-0.4, -0.2) is 0 Å². The Labute approximate surface area is 94.1 Å². The zero-order chi connectivity index (χ0) is 10.8. The highest BCUT2D eigenvalue weighted by molar-refractivity contribution is 5.31. The van der Waals surface area contributed by atoms with Crippen LogP contribution in [0.2, 0.25) is 0 Å². The molecule has 0 spiro atoms. The molecular weight excluding hydrogens is 180 g/mol. The van der Waals surface area contributed by atoms with Crippen molar-refractivity contribution in [2.45, 2.75) is 53.4 Å². The summed E-state index contributed by atoms with van der Waals surface area (Å²) in [5, 5.41) is 0. The van der Waals surface area contributed by atoms with Gasteiger partial charge in [0.2, 0.25) is 0 Å². The first-order valence-electron chi connectivity index (χ1n) is 6.67. The summed E-state index contributed by atoms with van der Waals surface area (Å²) >= 11 is 0. The summed E-state index contributed by atoms with van der Waals surface area (Å²) in [6.07, 6.45) is 8.34. The van der Waals surface area contributed by atoms with Gasteiger partial charge in [0, 0.05) is 0 Å². The molecule has 0 heterocycles. The number of rotatable bonds is 0. The SMILES string of the molecule is C[C@@H]1CC=C2[C@@H]1C[C@@H]1CC[C@@]2(C)C1(C)C. The molecule has 0 unspecified atom stereocenters. The summed E-state index contributed by atoms with van der Waals surface area (Å²) in [6.45, 7) is 10.0. The largest absolute Gasteiger partial charge is 0.0842 e. The summed E-state index contributed by atoms with van der Waals surface area (Å²) in [6, 6.07) is 0. The molecule has 3 aliphatic carbocycles. The molecule has 0 saturated heterocycles. The molecule has 0 aliphatic heterocycles. The first kappa shape index (κ1) is 9.93. The highest BCUT2D eigenvalue weighted by Gasteiger charge is 2.59. The first-order chi connectivity index (χ1) is 6.97. The number of fused-ring (bicyclic) bond motifs is 4. The van der Waals surface area contributed by atoms with Crippen LogP contribution in [0.3, 0.4) is 0 Å². The molecule has 84 valence electrons. The van der Waals surface area contributed by atoms with Gasteiger partial charge in [-0.25, -0.2) is 0 Å². The Hall–Kier alpha value is -0.260. The van der Waals surface area contributed by atoms with E-state index in [1.807, 2.05) is 5.57 Å². The zero-order valence-corrected chi connectivity index (χ0v) is 10.6. The van der Waals surface area contributed by atoms with Crippen LogP contribution in [0.15, 0.2) is 11.6 Å². The fraction of sp³-hybridized carbons (Fsp3) is 0.867. The van der Waals surface area contributed by atoms with Crippen LogP contribution in [-0.2, 0) is 0 Å². The predicted octanol–water partition coefficient (Wildman–Crippen LogP) is 4.42. The van der Waals surface area contributed by atoms with Gasteiger partial charge < -0.3 is 0 Å². The van der Waals surface area contributed by atoms with E-state index in [9.17, 15) is 0 Å². The molecule has 0 aromatic rings. The Morgan fingerprint density at radius 3 is 2.73 bits per heavy atom. The number of allylic oxidation sites excluding steroid dienone is 2. The Kier molecular flexibility index (Phi) is 1.79. The molecule has 2 saturated carbocycles. The third-order valence-electron chi connectivity index (χ3n) is 6.41. The second-order valence-corrected chi connectivity index (χ2v) is 7.00. The topological polar surface area (TPSA) is 0 Å². The maximum Gasteiger partial charge on any atom is -0.00596 e. The van der Waals surface area contributed by atoms with Gasteiger partial charge in [-0.15, -0.1) is 0 Å². The van der Waals surface area contributed by atoms with Crippen molar-refractivity contribution in [2.24, 2.45) is 28.6 Å². The van der Waals surface area contributed by atoms with Crippen LogP contribution in [0, 0.1) is 28.6 Å². The molecule has 0 aromatic heterocycles. The van der Waals surface area contributed by atoms with Gasteiger partial charge in [-0.05, 0) is 54.3 Å². The molecule has 3 rings (SSSR count). The molecule has 0 radical (unpaired) electrons. The Morgan fingerprint density at radius 2 is 2.00 bits per heavy atom. The van der Waals surface area contributed by atoms with Crippen molar-refractivity contribution in [3.63, 3.8) is 0 Å². The lowest BCUT2D eigenvalue weighted by Gasteiger charge is -2.50. The van der Waals surface area contributed by atoms with Crippen LogP contribution >= 0.6 is 0 Å². The van der Waals surface area contributed by atoms with Gasteiger partial charge in [0.15, 0.2) is 0 Å². The molecule has 0 aromatic carbocycles. The number of hydrogen-bond acceptors (Lipinski definition) is 0. The van der Waals surface area contributed by atoms with Crippen molar-refractivity contribution in [1.82, 2.24) is 0 Å². The van der Waals surface area contributed by atoms with Crippen molar-refractivity contribution in [3.05, 3.63) is 11.6 Å². The van der Waals surface area contributed by atoms with Gasteiger partial charge in [0.25, 0.3) is 0 Å². The molecule has 0 nitrogen and oxygen atoms in total. The van der Waals surface area contributed by atoms with E-state index in [0.717, 1.165) is 17.8 Å². The van der Waals surface area contributed by atoms with Gasteiger partial charge >= 0.3 is 0 Å². The highest BCUT2D eigenvalue weighted by atomic mass is 14.6. The second-order valence-electron chi connectivity index (χ2n) is 7.00. The number of hydrogen-bond donors (Lipinski definition) is 0. The van der Waals surface area contributed by atoms with E-state index in [1.54, 1.807) is 0 Å². The van der Waals surface area contributed by atoms with E-state index in [-0.39, 0.29) is 0 Å². The third-order valence-corrected chi connectivity index (χ3v) is 6.41. The first-order valence-corrected chi connectivity index (χ1v) is 6.67. The quantitative estimate of drug-likeness (QED) is 0.513.